The largest absolute Gasteiger partial charge is 0.494 e. The number of aromatic nitrogens is 6. The van der Waals surface area contributed by atoms with Crippen molar-refractivity contribution in [1.29, 1.82) is 0 Å². The number of piperazine rings is 1. The van der Waals surface area contributed by atoms with Crippen LogP contribution in [0.2, 0.25) is 0 Å². The maximum atomic E-state index is 11.7. The number of aromatic amines is 1. The summed E-state index contributed by atoms with van der Waals surface area (Å²) in [5, 5.41) is 4.94. The maximum Gasteiger partial charge on any atom is 0.209 e. The number of pyridine rings is 2. The van der Waals surface area contributed by atoms with Crippen LogP contribution < -0.4 is 9.64 Å². The van der Waals surface area contributed by atoms with Crippen molar-refractivity contribution in [3.05, 3.63) is 54.0 Å². The van der Waals surface area contributed by atoms with Gasteiger partial charge in [0.1, 0.15) is 23.7 Å². The molecule has 1 N–H and O–H groups in total. The van der Waals surface area contributed by atoms with E-state index in [2.05, 4.69) is 42.9 Å². The average Bonchev–Trinajstić information content (AvgIpc) is 3.57. The molecule has 5 rings (SSSR count). The lowest BCUT2D eigenvalue weighted by molar-refractivity contribution is -0.118. The number of rotatable bonds is 5. The van der Waals surface area contributed by atoms with Crippen LogP contribution in [0.4, 0.5) is 5.82 Å². The number of ether oxygens (including phenoxy) is 1. The molecule has 11 nitrogen and oxygen atoms in total. The molecule has 1 fully saturated rings. The van der Waals surface area contributed by atoms with Crippen molar-refractivity contribution in [3.8, 4) is 11.6 Å². The van der Waals surface area contributed by atoms with Crippen LogP contribution in [0.25, 0.3) is 16.7 Å². The Balaban J connectivity index is 0.000000200. The number of Topliss-reactive ketones (excluding diaryl/α,β-unsaturated/α-hetero) is 1. The van der Waals surface area contributed by atoms with E-state index >= 15 is 0 Å². The van der Waals surface area contributed by atoms with Crippen molar-refractivity contribution in [2.24, 2.45) is 0 Å². The molecular formula is C26H34N8O3. The number of anilines is 1. The Morgan fingerprint density at radius 2 is 1.81 bits per heavy atom. The zero-order valence-electron chi connectivity index (χ0n) is 22.2. The second kappa shape index (κ2) is 12.6. The average molecular weight is 507 g/mol. The zero-order chi connectivity index (χ0) is 26.9. The van der Waals surface area contributed by atoms with Gasteiger partial charge in [0.25, 0.3) is 0 Å². The fourth-order valence-electron chi connectivity index (χ4n) is 4.01. The van der Waals surface area contributed by atoms with Crippen LogP contribution in [0, 0.1) is 13.8 Å². The normalized spacial score (nSPS) is 12.8. The van der Waals surface area contributed by atoms with E-state index in [1.165, 1.54) is 12.5 Å². The van der Waals surface area contributed by atoms with Gasteiger partial charge in [-0.3, -0.25) is 9.59 Å². The Kier molecular flexibility index (Phi) is 9.31. The van der Waals surface area contributed by atoms with Gasteiger partial charge in [-0.15, -0.1) is 0 Å². The molecule has 196 valence electrons. The van der Waals surface area contributed by atoms with Gasteiger partial charge in [0, 0.05) is 44.1 Å². The van der Waals surface area contributed by atoms with E-state index in [-0.39, 0.29) is 5.78 Å². The van der Waals surface area contributed by atoms with Gasteiger partial charge in [-0.2, -0.15) is 5.10 Å². The quantitative estimate of drug-likeness (QED) is 0.323. The molecule has 1 saturated heterocycles. The van der Waals surface area contributed by atoms with Gasteiger partial charge in [-0.1, -0.05) is 19.9 Å². The molecule has 4 aromatic rings. The molecule has 0 saturated carbocycles. The number of H-pyrrole nitrogens is 1. The maximum absolute atomic E-state index is 11.7. The van der Waals surface area contributed by atoms with Crippen LogP contribution in [0.3, 0.4) is 0 Å². The Morgan fingerprint density at radius 1 is 1.08 bits per heavy atom. The van der Waals surface area contributed by atoms with Crippen molar-refractivity contribution in [1.82, 2.24) is 34.6 Å². The van der Waals surface area contributed by atoms with E-state index in [0.29, 0.717) is 33.9 Å². The van der Waals surface area contributed by atoms with E-state index in [1.807, 2.05) is 26.1 Å². The third kappa shape index (κ3) is 6.11. The van der Waals surface area contributed by atoms with Crippen LogP contribution in [0.15, 0.2) is 37.1 Å². The lowest BCUT2D eigenvalue weighted by atomic mass is 10.1. The highest BCUT2D eigenvalue weighted by atomic mass is 16.5. The number of hydrogen-bond donors (Lipinski definition) is 1. The summed E-state index contributed by atoms with van der Waals surface area (Å²) in [4.78, 5) is 42.2. The van der Waals surface area contributed by atoms with Crippen LogP contribution >= 0.6 is 0 Å². The van der Waals surface area contributed by atoms with Gasteiger partial charge in [0.15, 0.2) is 11.6 Å². The minimum absolute atomic E-state index is 0.0403. The first-order valence-corrected chi connectivity index (χ1v) is 12.2. The lowest BCUT2D eigenvalue weighted by Crippen LogP contribution is -2.46. The SMILES string of the molecule is CC.COc1cnc(-n2cnc(C)n2)c2[nH]cc(C(C)=O)c12.Cc1cccnc1N1CCN(C=O)CC1. The first-order valence-electron chi connectivity index (χ1n) is 12.2. The van der Waals surface area contributed by atoms with Crippen molar-refractivity contribution in [2.45, 2.75) is 34.6 Å². The highest BCUT2D eigenvalue weighted by Gasteiger charge is 2.19. The van der Waals surface area contributed by atoms with Gasteiger partial charge in [0.2, 0.25) is 6.41 Å². The van der Waals surface area contributed by atoms with Crippen molar-refractivity contribution >= 4 is 28.9 Å². The molecule has 4 aromatic heterocycles. The van der Waals surface area contributed by atoms with Gasteiger partial charge in [0.05, 0.1) is 24.2 Å². The topological polar surface area (TPSA) is 122 Å². The molecule has 1 aliphatic heterocycles. The van der Waals surface area contributed by atoms with Gasteiger partial charge in [-0.25, -0.2) is 19.6 Å². The Hall–Kier alpha value is -4.28. The minimum Gasteiger partial charge on any atom is -0.494 e. The third-order valence-corrected chi connectivity index (χ3v) is 5.82. The van der Waals surface area contributed by atoms with Crippen LogP contribution in [0.5, 0.6) is 5.75 Å². The first kappa shape index (κ1) is 27.3. The molecule has 1 amide bonds. The Labute approximate surface area is 216 Å². The summed E-state index contributed by atoms with van der Waals surface area (Å²) >= 11 is 0. The number of nitrogens with one attached hydrogen (secondary N) is 1. The van der Waals surface area contributed by atoms with Crippen molar-refractivity contribution in [3.63, 3.8) is 0 Å². The monoisotopic (exact) mass is 506 g/mol. The molecular weight excluding hydrogens is 472 g/mol. The van der Waals surface area contributed by atoms with Crippen LogP contribution in [-0.4, -0.2) is 80.1 Å². The molecule has 0 aromatic carbocycles. The molecule has 11 heteroatoms. The van der Waals surface area contributed by atoms with E-state index in [0.717, 1.165) is 38.4 Å². The number of methoxy groups -OCH3 is 1. The standard InChI is InChI=1S/C13H13N5O2.C11H15N3O.C2H6/c1-7(19)9-4-14-12-11(9)10(20-3)5-15-13(12)18-6-16-8(2)17-18;1-10-3-2-4-12-11(10)14-7-5-13(9-15)6-8-14;1-2/h4-6,14H,1-3H3;2-4,9H,5-8H2,1H3;1-2H3. The molecule has 0 spiro atoms. The van der Waals surface area contributed by atoms with E-state index in [4.69, 9.17) is 4.74 Å². The minimum atomic E-state index is -0.0403. The number of aryl methyl sites for hydroxylation is 2. The van der Waals surface area contributed by atoms with Crippen LogP contribution in [-0.2, 0) is 4.79 Å². The summed E-state index contributed by atoms with van der Waals surface area (Å²) in [6, 6.07) is 4.01. The molecule has 0 radical (unpaired) electrons. The number of ketones is 1. The predicted molar refractivity (Wildman–Crippen MR) is 142 cm³/mol. The molecule has 1 aliphatic rings. The third-order valence-electron chi connectivity index (χ3n) is 5.82. The summed E-state index contributed by atoms with van der Waals surface area (Å²) in [6.07, 6.45) is 7.55. The second-order valence-electron chi connectivity index (χ2n) is 8.17. The smallest absolute Gasteiger partial charge is 0.209 e. The van der Waals surface area contributed by atoms with Crippen molar-refractivity contribution in [2.75, 3.05) is 38.2 Å². The molecule has 37 heavy (non-hydrogen) atoms. The molecule has 0 unspecified atom stereocenters. The van der Waals surface area contributed by atoms with Crippen molar-refractivity contribution < 1.29 is 14.3 Å². The fourth-order valence-corrected chi connectivity index (χ4v) is 4.01. The molecule has 0 aliphatic carbocycles. The van der Waals surface area contributed by atoms with Gasteiger partial charge < -0.3 is 19.5 Å². The lowest BCUT2D eigenvalue weighted by Gasteiger charge is -2.33. The molecule has 0 bridgehead atoms. The van der Waals surface area contributed by atoms with Gasteiger partial charge >= 0.3 is 0 Å². The van der Waals surface area contributed by atoms with E-state index in [1.54, 1.807) is 42.3 Å². The first-order chi connectivity index (χ1) is 17.9. The number of fused-ring (bicyclic) bond motifs is 1. The Bertz CT molecular complexity index is 1340. The van der Waals surface area contributed by atoms with E-state index < -0.39 is 0 Å². The highest BCUT2D eigenvalue weighted by molar-refractivity contribution is 6.10. The summed E-state index contributed by atoms with van der Waals surface area (Å²) < 4.78 is 6.86. The number of carbonyl (C=O) groups is 2. The van der Waals surface area contributed by atoms with Crippen LogP contribution in [0.1, 0.15) is 42.5 Å². The summed E-state index contributed by atoms with van der Waals surface area (Å²) in [5.74, 6) is 2.78. The van der Waals surface area contributed by atoms with E-state index in [9.17, 15) is 9.59 Å². The van der Waals surface area contributed by atoms with Gasteiger partial charge in [-0.05, 0) is 32.4 Å². The summed E-state index contributed by atoms with van der Waals surface area (Å²) in [5.41, 5.74) is 2.45. The number of amides is 1. The Morgan fingerprint density at radius 3 is 2.38 bits per heavy atom. The second-order valence-corrected chi connectivity index (χ2v) is 8.17. The number of carbonyl (C=O) groups excluding carboxylic acids is 2. The number of nitrogens with zero attached hydrogens (tertiary/aromatic N) is 7. The fraction of sp³-hybridized carbons (Fsp3) is 0.385. The highest BCUT2D eigenvalue weighted by Crippen LogP contribution is 2.31. The molecule has 5 heterocycles. The molecule has 0 atom stereocenters. The summed E-state index contributed by atoms with van der Waals surface area (Å²) in [6.45, 7) is 12.7. The zero-order valence-corrected chi connectivity index (χ0v) is 22.2. The summed E-state index contributed by atoms with van der Waals surface area (Å²) in [7, 11) is 1.55. The predicted octanol–water partition coefficient (Wildman–Crippen LogP) is 3.36. The number of hydrogen-bond acceptors (Lipinski definition) is 8.